The Labute approximate surface area is 185 Å². The van der Waals surface area contributed by atoms with Gasteiger partial charge in [0.15, 0.2) is 15.8 Å². The molecule has 0 aromatic carbocycles. The molecule has 1 aliphatic rings. The van der Waals surface area contributed by atoms with Crippen molar-refractivity contribution in [2.24, 2.45) is 4.99 Å². The molecule has 27 heavy (non-hydrogen) atoms. The summed E-state index contributed by atoms with van der Waals surface area (Å²) in [6.07, 6.45) is 7.48. The quantitative estimate of drug-likeness (QED) is 0.320. The van der Waals surface area contributed by atoms with E-state index in [0.29, 0.717) is 5.96 Å². The first-order valence-corrected chi connectivity index (χ1v) is 12.2. The molecule has 1 fully saturated rings. The molecule has 8 heteroatoms. The van der Waals surface area contributed by atoms with Crippen LogP contribution in [0.4, 0.5) is 0 Å². The standard InChI is InChI=1S/C19H33N3O2S2.HI/c1-5-20-17(21-14-18(2,3)26(4,23)24)22-15-19(11-7-6-8-12-19)16-10-9-13-25-16;/h9-10,13H,5-8,11-12,14-15H2,1-4H3,(H2,20,21,22);1H. The van der Waals surface area contributed by atoms with Crippen LogP contribution >= 0.6 is 35.3 Å². The highest BCUT2D eigenvalue weighted by molar-refractivity contribution is 14.0. The van der Waals surface area contributed by atoms with Crippen molar-refractivity contribution < 1.29 is 8.42 Å². The van der Waals surface area contributed by atoms with Gasteiger partial charge in [-0.1, -0.05) is 25.3 Å². The number of hydrogen-bond acceptors (Lipinski definition) is 4. The smallest absolute Gasteiger partial charge is 0.191 e. The maximum absolute atomic E-state index is 11.9. The van der Waals surface area contributed by atoms with E-state index < -0.39 is 14.6 Å². The molecule has 0 spiro atoms. The van der Waals surface area contributed by atoms with Crippen LogP contribution in [-0.2, 0) is 15.3 Å². The molecule has 156 valence electrons. The summed E-state index contributed by atoms with van der Waals surface area (Å²) in [7, 11) is -3.16. The van der Waals surface area contributed by atoms with Gasteiger partial charge in [0.1, 0.15) is 0 Å². The summed E-state index contributed by atoms with van der Waals surface area (Å²) in [4.78, 5) is 6.01. The Morgan fingerprint density at radius 1 is 1.26 bits per heavy atom. The van der Waals surface area contributed by atoms with Crippen molar-refractivity contribution in [3.05, 3.63) is 22.4 Å². The van der Waals surface area contributed by atoms with Gasteiger partial charge in [0.05, 0.1) is 11.3 Å². The fourth-order valence-corrected chi connectivity index (χ4v) is 4.59. The largest absolute Gasteiger partial charge is 0.357 e. The monoisotopic (exact) mass is 527 g/mol. The summed E-state index contributed by atoms with van der Waals surface area (Å²) in [5.41, 5.74) is 0.162. The minimum Gasteiger partial charge on any atom is -0.357 e. The van der Waals surface area contributed by atoms with Gasteiger partial charge in [-0.2, -0.15) is 0 Å². The minimum absolute atomic E-state index is 0. The zero-order valence-corrected chi connectivity index (χ0v) is 20.8. The molecule has 0 atom stereocenters. The summed E-state index contributed by atoms with van der Waals surface area (Å²) >= 11 is 1.83. The highest BCUT2D eigenvalue weighted by atomic mass is 127. The molecule has 0 aliphatic heterocycles. The highest BCUT2D eigenvalue weighted by Crippen LogP contribution is 2.41. The summed E-state index contributed by atoms with van der Waals surface area (Å²) in [6.45, 7) is 7.30. The number of nitrogens with zero attached hydrogens (tertiary/aromatic N) is 1. The molecule has 0 saturated heterocycles. The Morgan fingerprint density at radius 3 is 2.44 bits per heavy atom. The molecule has 1 saturated carbocycles. The Kier molecular flexibility index (Phi) is 9.54. The molecule has 2 N–H and O–H groups in total. The van der Waals surface area contributed by atoms with Gasteiger partial charge in [0, 0.05) is 29.6 Å². The molecule has 0 unspecified atom stereocenters. The average molecular weight is 528 g/mol. The first-order valence-electron chi connectivity index (χ1n) is 9.46. The third-order valence-electron chi connectivity index (χ3n) is 5.41. The van der Waals surface area contributed by atoms with Crippen LogP contribution in [-0.4, -0.2) is 45.0 Å². The number of nitrogens with one attached hydrogen (secondary N) is 2. The molecule has 0 amide bonds. The van der Waals surface area contributed by atoms with Crippen LogP contribution in [0.1, 0.15) is 57.8 Å². The number of sulfone groups is 1. The number of rotatable bonds is 7. The average Bonchev–Trinajstić information content (AvgIpc) is 3.12. The zero-order valence-electron chi connectivity index (χ0n) is 16.9. The van der Waals surface area contributed by atoms with Gasteiger partial charge in [0.25, 0.3) is 0 Å². The molecule has 5 nitrogen and oxygen atoms in total. The maximum atomic E-state index is 11.9. The van der Waals surface area contributed by atoms with Crippen molar-refractivity contribution in [2.45, 2.75) is 63.0 Å². The lowest BCUT2D eigenvalue weighted by Crippen LogP contribution is -2.47. The van der Waals surface area contributed by atoms with E-state index >= 15 is 0 Å². The van der Waals surface area contributed by atoms with Gasteiger partial charge in [-0.15, -0.1) is 35.3 Å². The van der Waals surface area contributed by atoms with Gasteiger partial charge in [-0.25, -0.2) is 8.42 Å². The molecule has 2 rings (SSSR count). The second kappa shape index (κ2) is 10.4. The van der Waals surface area contributed by atoms with Crippen molar-refractivity contribution in [3.63, 3.8) is 0 Å². The molecule has 1 aliphatic carbocycles. The Bertz CT molecular complexity index is 695. The maximum Gasteiger partial charge on any atom is 0.191 e. The van der Waals surface area contributed by atoms with Gasteiger partial charge >= 0.3 is 0 Å². The molecule has 1 aromatic heterocycles. The van der Waals surface area contributed by atoms with Crippen LogP contribution in [0.15, 0.2) is 22.5 Å². The molecule has 1 heterocycles. The summed E-state index contributed by atoms with van der Waals surface area (Å²) in [5.74, 6) is 0.700. The summed E-state index contributed by atoms with van der Waals surface area (Å²) in [6, 6.07) is 4.37. The van der Waals surface area contributed by atoms with Crippen LogP contribution < -0.4 is 10.6 Å². The number of halogens is 1. The van der Waals surface area contributed by atoms with Crippen LogP contribution in [0.5, 0.6) is 0 Å². The molecular weight excluding hydrogens is 493 g/mol. The van der Waals surface area contributed by atoms with E-state index in [9.17, 15) is 8.42 Å². The van der Waals surface area contributed by atoms with Gasteiger partial charge < -0.3 is 10.6 Å². The van der Waals surface area contributed by atoms with Crippen LogP contribution in [0, 0.1) is 0 Å². The molecule has 1 aromatic rings. The third-order valence-corrected chi connectivity index (χ3v) is 8.67. The van der Waals surface area contributed by atoms with Crippen molar-refractivity contribution in [1.82, 2.24) is 10.6 Å². The predicted octanol–water partition coefficient (Wildman–Crippen LogP) is 3.95. The first kappa shape index (κ1) is 24.7. The zero-order chi connectivity index (χ0) is 19.3. The Balaban J connectivity index is 0.00000364. The van der Waals surface area contributed by atoms with Crippen molar-refractivity contribution in [1.29, 1.82) is 0 Å². The lowest BCUT2D eigenvalue weighted by Gasteiger charge is -2.37. The lowest BCUT2D eigenvalue weighted by atomic mass is 9.73. The van der Waals surface area contributed by atoms with E-state index in [0.717, 1.165) is 13.1 Å². The second-order valence-corrected chi connectivity index (χ2v) is 11.5. The predicted molar refractivity (Wildman–Crippen MR) is 127 cm³/mol. The van der Waals surface area contributed by atoms with Gasteiger partial charge in [-0.05, 0) is 45.1 Å². The lowest BCUT2D eigenvalue weighted by molar-refractivity contribution is 0.296. The topological polar surface area (TPSA) is 70.6 Å². The molecule has 0 bridgehead atoms. The number of hydrogen-bond donors (Lipinski definition) is 2. The minimum atomic E-state index is -3.16. The summed E-state index contributed by atoms with van der Waals surface area (Å²) in [5, 5.41) is 8.90. The van der Waals surface area contributed by atoms with Crippen LogP contribution in [0.25, 0.3) is 0 Å². The van der Waals surface area contributed by atoms with Crippen LogP contribution in [0.3, 0.4) is 0 Å². The SMILES string of the molecule is CCNC(=NCC(C)(C)S(C)(=O)=O)NCC1(c2cccs2)CCCCC1.I. The number of aliphatic imine (C=N–C) groups is 1. The van der Waals surface area contributed by atoms with E-state index in [-0.39, 0.29) is 35.9 Å². The molecular formula is C19H34IN3O2S2. The number of guanidine groups is 1. The highest BCUT2D eigenvalue weighted by Gasteiger charge is 2.35. The van der Waals surface area contributed by atoms with Gasteiger partial charge in [-0.3, -0.25) is 4.99 Å². The normalized spacial score (nSPS) is 17.9. The number of thiophene rings is 1. The first-order chi connectivity index (χ1) is 12.2. The molecule has 0 radical (unpaired) electrons. The fraction of sp³-hybridized carbons (Fsp3) is 0.737. The van der Waals surface area contributed by atoms with Crippen molar-refractivity contribution >= 4 is 51.1 Å². The van der Waals surface area contributed by atoms with E-state index in [1.165, 1.54) is 43.2 Å². The summed E-state index contributed by atoms with van der Waals surface area (Å²) < 4.78 is 23.0. The van der Waals surface area contributed by atoms with E-state index in [2.05, 4.69) is 33.1 Å². The van der Waals surface area contributed by atoms with Crippen molar-refractivity contribution in [3.8, 4) is 0 Å². The van der Waals surface area contributed by atoms with Crippen molar-refractivity contribution in [2.75, 3.05) is 25.9 Å². The second-order valence-electron chi connectivity index (χ2n) is 7.90. The van der Waals surface area contributed by atoms with Gasteiger partial charge in [0.2, 0.25) is 0 Å². The third kappa shape index (κ3) is 6.59. The van der Waals surface area contributed by atoms with E-state index in [1.807, 2.05) is 18.3 Å². The van der Waals surface area contributed by atoms with E-state index in [4.69, 9.17) is 0 Å². The Hall–Kier alpha value is -0.350. The Morgan fingerprint density at radius 2 is 1.93 bits per heavy atom. The van der Waals surface area contributed by atoms with Crippen LogP contribution in [0.2, 0.25) is 0 Å². The fourth-order valence-electron chi connectivity index (χ4n) is 3.30. The van der Waals surface area contributed by atoms with E-state index in [1.54, 1.807) is 13.8 Å².